The Bertz CT molecular complexity index is 2380. The van der Waals surface area contributed by atoms with E-state index in [0.717, 1.165) is 39.8 Å². The SMILES string of the molecule is c1ccc(-c2ccc(-c3cc(-c4nc(-c5ccccc5)nc(-c5ccccc5)n4)cc(-c4cccc5c4-c4ccccc4C5)c3)cc2)cc1. The summed E-state index contributed by atoms with van der Waals surface area (Å²) in [6, 6.07) is 61.9. The summed E-state index contributed by atoms with van der Waals surface area (Å²) in [6.45, 7) is 0. The zero-order valence-electron chi connectivity index (χ0n) is 26.8. The molecule has 1 aliphatic carbocycles. The van der Waals surface area contributed by atoms with E-state index in [0.29, 0.717) is 17.5 Å². The minimum absolute atomic E-state index is 0.643. The van der Waals surface area contributed by atoms with Crippen molar-refractivity contribution in [3.8, 4) is 78.7 Å². The molecule has 0 saturated carbocycles. The lowest BCUT2D eigenvalue weighted by Crippen LogP contribution is -2.00. The van der Waals surface area contributed by atoms with Crippen LogP contribution in [0, 0.1) is 0 Å². The van der Waals surface area contributed by atoms with Crippen LogP contribution in [-0.4, -0.2) is 15.0 Å². The van der Waals surface area contributed by atoms with Crippen molar-refractivity contribution in [2.75, 3.05) is 0 Å². The molecule has 0 bridgehead atoms. The van der Waals surface area contributed by atoms with Crippen molar-refractivity contribution in [3.63, 3.8) is 0 Å². The number of fused-ring (bicyclic) bond motifs is 3. The fourth-order valence-corrected chi connectivity index (χ4v) is 6.93. The van der Waals surface area contributed by atoms with E-state index in [1.807, 2.05) is 36.4 Å². The lowest BCUT2D eigenvalue weighted by molar-refractivity contribution is 1.07. The first-order valence-electron chi connectivity index (χ1n) is 16.7. The van der Waals surface area contributed by atoms with Gasteiger partial charge >= 0.3 is 0 Å². The van der Waals surface area contributed by atoms with Gasteiger partial charge in [0.25, 0.3) is 0 Å². The van der Waals surface area contributed by atoms with Crippen molar-refractivity contribution >= 4 is 0 Å². The summed E-state index contributed by atoms with van der Waals surface area (Å²) in [7, 11) is 0. The molecule has 7 aromatic carbocycles. The molecule has 0 fully saturated rings. The zero-order valence-corrected chi connectivity index (χ0v) is 26.8. The van der Waals surface area contributed by atoms with Gasteiger partial charge in [0, 0.05) is 16.7 Å². The third-order valence-corrected chi connectivity index (χ3v) is 9.35. The Morgan fingerprint density at radius 2 is 0.714 bits per heavy atom. The number of hydrogen-bond acceptors (Lipinski definition) is 3. The van der Waals surface area contributed by atoms with Crippen molar-refractivity contribution in [2.45, 2.75) is 6.42 Å². The number of benzene rings is 7. The lowest BCUT2D eigenvalue weighted by atomic mass is 9.90. The van der Waals surface area contributed by atoms with Crippen LogP contribution in [0.3, 0.4) is 0 Å². The van der Waals surface area contributed by atoms with Gasteiger partial charge in [0.05, 0.1) is 0 Å². The molecule has 230 valence electrons. The molecule has 0 saturated heterocycles. The van der Waals surface area contributed by atoms with Crippen LogP contribution in [0.15, 0.2) is 176 Å². The van der Waals surface area contributed by atoms with Gasteiger partial charge in [-0.1, -0.05) is 158 Å². The Hall–Kier alpha value is -6.45. The average molecular weight is 626 g/mol. The fourth-order valence-electron chi connectivity index (χ4n) is 6.93. The first-order valence-corrected chi connectivity index (χ1v) is 16.7. The van der Waals surface area contributed by atoms with Crippen LogP contribution >= 0.6 is 0 Å². The van der Waals surface area contributed by atoms with Gasteiger partial charge in [0.1, 0.15) is 0 Å². The summed E-state index contributed by atoms with van der Waals surface area (Å²) in [5, 5.41) is 0. The van der Waals surface area contributed by atoms with E-state index in [4.69, 9.17) is 15.0 Å². The number of hydrogen-bond donors (Lipinski definition) is 0. The third-order valence-electron chi connectivity index (χ3n) is 9.35. The highest BCUT2D eigenvalue weighted by atomic mass is 15.0. The molecule has 3 nitrogen and oxygen atoms in total. The second kappa shape index (κ2) is 12.3. The van der Waals surface area contributed by atoms with E-state index in [9.17, 15) is 0 Å². The highest BCUT2D eigenvalue weighted by Gasteiger charge is 2.23. The Balaban J connectivity index is 1.26. The lowest BCUT2D eigenvalue weighted by Gasteiger charge is -2.15. The molecule has 9 rings (SSSR count). The first kappa shape index (κ1) is 28.7. The summed E-state index contributed by atoms with van der Waals surface area (Å²) < 4.78 is 0. The molecule has 0 aliphatic heterocycles. The van der Waals surface area contributed by atoms with Gasteiger partial charge in [-0.3, -0.25) is 0 Å². The van der Waals surface area contributed by atoms with Crippen molar-refractivity contribution in [3.05, 3.63) is 187 Å². The second-order valence-corrected chi connectivity index (χ2v) is 12.5. The smallest absolute Gasteiger partial charge is 0.164 e. The quantitative estimate of drug-likeness (QED) is 0.185. The van der Waals surface area contributed by atoms with E-state index >= 15 is 0 Å². The highest BCUT2D eigenvalue weighted by Crippen LogP contribution is 2.44. The molecule has 0 radical (unpaired) electrons. The van der Waals surface area contributed by atoms with Crippen LogP contribution in [0.2, 0.25) is 0 Å². The minimum atomic E-state index is 0.643. The molecular weight excluding hydrogens is 595 g/mol. The second-order valence-electron chi connectivity index (χ2n) is 12.5. The average Bonchev–Trinajstić information content (AvgIpc) is 3.58. The van der Waals surface area contributed by atoms with E-state index in [1.165, 1.54) is 38.9 Å². The normalized spacial score (nSPS) is 11.6. The third kappa shape index (κ3) is 5.52. The summed E-state index contributed by atoms with van der Waals surface area (Å²) in [6.07, 6.45) is 0.946. The molecule has 49 heavy (non-hydrogen) atoms. The van der Waals surface area contributed by atoms with Gasteiger partial charge in [0.15, 0.2) is 17.5 Å². The molecule has 1 heterocycles. The van der Waals surface area contributed by atoms with E-state index < -0.39 is 0 Å². The van der Waals surface area contributed by atoms with Gasteiger partial charge < -0.3 is 0 Å². The molecule has 0 unspecified atom stereocenters. The van der Waals surface area contributed by atoms with Gasteiger partial charge in [0.2, 0.25) is 0 Å². The van der Waals surface area contributed by atoms with Gasteiger partial charge in [-0.2, -0.15) is 0 Å². The van der Waals surface area contributed by atoms with Crippen molar-refractivity contribution in [1.29, 1.82) is 0 Å². The standard InChI is InChI=1S/C46H31N3/c1-4-13-31(14-5-1)32-23-25-33(26-24-32)38-28-39(42-22-12-20-37-27-36-19-10-11-21-41(36)43(37)42)30-40(29-38)46-48-44(34-15-6-2-7-16-34)47-45(49-46)35-17-8-3-9-18-35/h1-26,28-30H,27H2. The van der Waals surface area contributed by atoms with Crippen molar-refractivity contribution in [2.24, 2.45) is 0 Å². The Labute approximate surface area is 286 Å². The van der Waals surface area contributed by atoms with Gasteiger partial charge in [-0.25, -0.2) is 15.0 Å². The van der Waals surface area contributed by atoms with Crippen LogP contribution in [0.4, 0.5) is 0 Å². The molecule has 8 aromatic rings. The van der Waals surface area contributed by atoms with Crippen LogP contribution in [-0.2, 0) is 6.42 Å². The maximum Gasteiger partial charge on any atom is 0.164 e. The predicted molar refractivity (Wildman–Crippen MR) is 201 cm³/mol. The van der Waals surface area contributed by atoms with Crippen LogP contribution in [0.5, 0.6) is 0 Å². The molecule has 0 N–H and O–H groups in total. The number of rotatable bonds is 6. The minimum Gasteiger partial charge on any atom is -0.208 e. The molecule has 1 aromatic heterocycles. The fraction of sp³-hybridized carbons (Fsp3) is 0.0217. The largest absolute Gasteiger partial charge is 0.208 e. The number of nitrogens with zero attached hydrogens (tertiary/aromatic N) is 3. The van der Waals surface area contributed by atoms with Crippen LogP contribution in [0.1, 0.15) is 11.1 Å². The highest BCUT2D eigenvalue weighted by molar-refractivity contribution is 5.93. The molecule has 3 heteroatoms. The topological polar surface area (TPSA) is 38.7 Å². The van der Waals surface area contributed by atoms with Gasteiger partial charge in [-0.15, -0.1) is 0 Å². The summed E-state index contributed by atoms with van der Waals surface area (Å²) in [5.41, 5.74) is 15.2. The van der Waals surface area contributed by atoms with Crippen molar-refractivity contribution < 1.29 is 0 Å². The van der Waals surface area contributed by atoms with E-state index in [-0.39, 0.29) is 0 Å². The Kier molecular flexibility index (Phi) is 7.21. The molecule has 0 spiro atoms. The molecular formula is C46H31N3. The maximum absolute atomic E-state index is 5.11. The van der Waals surface area contributed by atoms with Crippen LogP contribution in [0.25, 0.3) is 78.7 Å². The zero-order chi connectivity index (χ0) is 32.6. The monoisotopic (exact) mass is 625 g/mol. The van der Waals surface area contributed by atoms with Gasteiger partial charge in [-0.05, 0) is 80.3 Å². The summed E-state index contributed by atoms with van der Waals surface area (Å²) in [5.74, 6) is 1.95. The molecule has 1 aliphatic rings. The first-order chi connectivity index (χ1) is 24.3. The number of aromatic nitrogens is 3. The Morgan fingerprint density at radius 3 is 1.35 bits per heavy atom. The molecule has 0 amide bonds. The summed E-state index contributed by atoms with van der Waals surface area (Å²) in [4.78, 5) is 15.2. The molecule has 0 atom stereocenters. The maximum atomic E-state index is 5.11. The Morgan fingerprint density at radius 1 is 0.286 bits per heavy atom. The van der Waals surface area contributed by atoms with Crippen LogP contribution < -0.4 is 0 Å². The summed E-state index contributed by atoms with van der Waals surface area (Å²) >= 11 is 0. The van der Waals surface area contributed by atoms with Crippen molar-refractivity contribution in [1.82, 2.24) is 15.0 Å². The van der Waals surface area contributed by atoms with E-state index in [1.54, 1.807) is 0 Å². The predicted octanol–water partition coefficient (Wildman–Crippen LogP) is 11.4. The van der Waals surface area contributed by atoms with E-state index in [2.05, 4.69) is 140 Å².